The third kappa shape index (κ3) is 24.6. The highest BCUT2D eigenvalue weighted by atomic mass is 28.4. The fraction of sp³-hybridized carbons (Fsp3) is 0.778. The number of para-hydroxylation sites is 1. The van der Waals surface area contributed by atoms with Gasteiger partial charge in [0.1, 0.15) is 19.0 Å². The van der Waals surface area contributed by atoms with Gasteiger partial charge in [0.25, 0.3) is 0 Å². The Bertz CT molecular complexity index is 823. The minimum atomic E-state index is -1.64. The summed E-state index contributed by atoms with van der Waals surface area (Å²) in [6.45, 7) is 28.3. The van der Waals surface area contributed by atoms with Gasteiger partial charge in [-0.05, 0) is 97.4 Å². The Labute approximate surface area is 277 Å². The molecule has 0 heterocycles. The Morgan fingerprint density at radius 3 is 1.48 bits per heavy atom. The number of hydrogen-bond acceptors (Lipinski definition) is 6. The molecule has 0 saturated carbocycles. The first-order valence-corrected chi connectivity index (χ1v) is 22.0. The number of carbonyl (C=O) groups excluding carboxylic acids is 2. The molecule has 0 aliphatic rings. The van der Waals surface area contributed by atoms with E-state index in [4.69, 9.17) is 18.3 Å². The van der Waals surface area contributed by atoms with Crippen LogP contribution >= 0.6 is 0 Å². The first-order valence-electron chi connectivity index (χ1n) is 15.7. The maximum atomic E-state index is 11.9. The van der Waals surface area contributed by atoms with Crippen molar-refractivity contribution < 1.29 is 27.9 Å². The van der Waals surface area contributed by atoms with Gasteiger partial charge in [0.05, 0.1) is 17.4 Å². The zero-order valence-corrected chi connectivity index (χ0v) is 30.9. The highest BCUT2D eigenvalue weighted by Gasteiger charge is 2.32. The average molecular weight is 661 g/mol. The molecule has 1 aromatic rings. The van der Waals surface area contributed by atoms with Gasteiger partial charge in [-0.15, -0.1) is 0 Å². The SMILES string of the molecule is C.C.C.CC.CCC(C)(C)C(=O)OCCOc1ccccc1.CCCC[Si](C)(C)O[Si](C)(C)CCCOC(=O)C(C)(C)CC. The van der Waals surface area contributed by atoms with Crippen molar-refractivity contribution >= 4 is 28.6 Å². The Morgan fingerprint density at radius 2 is 1.07 bits per heavy atom. The van der Waals surface area contributed by atoms with Gasteiger partial charge in [-0.25, -0.2) is 0 Å². The van der Waals surface area contributed by atoms with Crippen molar-refractivity contribution in [3.8, 4) is 5.75 Å². The van der Waals surface area contributed by atoms with Gasteiger partial charge in [-0.3, -0.25) is 9.59 Å². The molecule has 0 aliphatic heterocycles. The molecule has 44 heavy (non-hydrogen) atoms. The minimum absolute atomic E-state index is 0. The molecule has 0 bridgehead atoms. The van der Waals surface area contributed by atoms with Gasteiger partial charge in [-0.2, -0.15) is 0 Å². The molecule has 1 rings (SSSR count). The Kier molecular flexibility index (Phi) is 31.3. The molecule has 0 radical (unpaired) electrons. The number of rotatable bonds is 17. The Morgan fingerprint density at radius 1 is 0.659 bits per heavy atom. The quantitative estimate of drug-likeness (QED) is 0.0940. The molecule has 0 aromatic heterocycles. The lowest BCUT2D eigenvalue weighted by atomic mass is 9.91. The molecule has 0 spiro atoms. The van der Waals surface area contributed by atoms with E-state index in [0.29, 0.717) is 13.2 Å². The summed E-state index contributed by atoms with van der Waals surface area (Å²) in [7, 11) is -3.17. The third-order valence-electron chi connectivity index (χ3n) is 7.04. The minimum Gasteiger partial charge on any atom is -0.490 e. The van der Waals surface area contributed by atoms with E-state index in [1.807, 2.05) is 85.7 Å². The number of ether oxygens (including phenoxy) is 3. The van der Waals surface area contributed by atoms with Crippen LogP contribution in [0.3, 0.4) is 0 Å². The molecule has 6 nitrogen and oxygen atoms in total. The molecule has 264 valence electrons. The van der Waals surface area contributed by atoms with E-state index in [1.54, 1.807) is 0 Å². The summed E-state index contributed by atoms with van der Waals surface area (Å²) in [5.74, 6) is 0.544. The van der Waals surface area contributed by atoms with Crippen LogP contribution in [0.1, 0.15) is 117 Å². The second kappa shape index (κ2) is 26.6. The standard InChI is InChI=1S/C17H38O3Si2.C14H20O3.C2H6.3CH4/c1-9-11-14-21(5,6)20-22(7,8)15-12-13-19-16(18)17(3,4)10-2;1-4-14(2,3)13(15)17-11-10-16-12-8-6-5-7-9-12;1-2;;;/h9-15H2,1-8H3;5-9H,4,10-11H2,1-3H3;1-2H3;3*1H4. The molecule has 0 amide bonds. The lowest BCUT2D eigenvalue weighted by Crippen LogP contribution is -2.44. The fourth-order valence-electron chi connectivity index (χ4n) is 3.61. The van der Waals surface area contributed by atoms with Gasteiger partial charge in [0.2, 0.25) is 0 Å². The molecular weight excluding hydrogens is 585 g/mol. The van der Waals surface area contributed by atoms with Crippen molar-refractivity contribution in [3.63, 3.8) is 0 Å². The van der Waals surface area contributed by atoms with Gasteiger partial charge >= 0.3 is 11.9 Å². The molecule has 0 unspecified atom stereocenters. The summed E-state index contributed by atoms with van der Waals surface area (Å²) in [5.41, 5.74) is -0.773. The summed E-state index contributed by atoms with van der Waals surface area (Å²) < 4.78 is 22.6. The Hall–Kier alpha value is -1.65. The van der Waals surface area contributed by atoms with E-state index in [-0.39, 0.29) is 46.2 Å². The maximum Gasteiger partial charge on any atom is 0.311 e. The predicted octanol–water partition coefficient (Wildman–Crippen LogP) is 11.6. The summed E-state index contributed by atoms with van der Waals surface area (Å²) in [4.78, 5) is 23.6. The van der Waals surface area contributed by atoms with Gasteiger partial charge < -0.3 is 18.3 Å². The first kappa shape index (κ1) is 51.9. The number of unbranched alkanes of at least 4 members (excludes halogenated alkanes) is 1. The summed E-state index contributed by atoms with van der Waals surface area (Å²) in [6.07, 6.45) is 5.01. The average Bonchev–Trinajstić information content (AvgIpc) is 2.93. The van der Waals surface area contributed by atoms with Crippen molar-refractivity contribution in [2.75, 3.05) is 19.8 Å². The van der Waals surface area contributed by atoms with E-state index in [9.17, 15) is 9.59 Å². The molecule has 0 atom stereocenters. The number of carbonyl (C=O) groups is 2. The lowest BCUT2D eigenvalue weighted by molar-refractivity contribution is -0.155. The molecule has 0 saturated heterocycles. The van der Waals surface area contributed by atoms with Crippen molar-refractivity contribution in [2.45, 2.75) is 155 Å². The highest BCUT2D eigenvalue weighted by molar-refractivity contribution is 6.84. The number of esters is 2. The lowest BCUT2D eigenvalue weighted by Gasteiger charge is -2.34. The molecule has 0 N–H and O–H groups in total. The zero-order chi connectivity index (χ0) is 32.2. The van der Waals surface area contributed by atoms with Crippen LogP contribution in [0.25, 0.3) is 0 Å². The Balaban J connectivity index is -0.000000209. The summed E-state index contributed by atoms with van der Waals surface area (Å²) >= 11 is 0. The fourth-order valence-corrected chi connectivity index (χ4v) is 12.6. The normalized spacial score (nSPS) is 11.0. The molecule has 0 aliphatic carbocycles. The van der Waals surface area contributed by atoms with Crippen LogP contribution in [0.2, 0.25) is 38.3 Å². The topological polar surface area (TPSA) is 71.1 Å². The van der Waals surface area contributed by atoms with Gasteiger partial charge in [-0.1, -0.05) is 87.9 Å². The van der Waals surface area contributed by atoms with Crippen LogP contribution in [0.4, 0.5) is 0 Å². The van der Waals surface area contributed by atoms with E-state index in [0.717, 1.165) is 31.1 Å². The summed E-state index contributed by atoms with van der Waals surface area (Å²) in [6, 6.07) is 11.8. The second-order valence-electron chi connectivity index (χ2n) is 12.7. The largest absolute Gasteiger partial charge is 0.490 e. The van der Waals surface area contributed by atoms with E-state index >= 15 is 0 Å². The van der Waals surface area contributed by atoms with Gasteiger partial charge in [0.15, 0.2) is 16.6 Å². The molecule has 0 fully saturated rings. The van der Waals surface area contributed by atoms with E-state index < -0.39 is 22.0 Å². The van der Waals surface area contributed by atoms with E-state index in [1.165, 1.54) is 18.9 Å². The third-order valence-corrected chi connectivity index (χ3v) is 14.6. The summed E-state index contributed by atoms with van der Waals surface area (Å²) in [5, 5.41) is 0. The zero-order valence-electron chi connectivity index (χ0n) is 28.9. The number of hydrogen-bond donors (Lipinski definition) is 0. The monoisotopic (exact) mass is 661 g/mol. The first-order chi connectivity index (χ1) is 19.0. The van der Waals surface area contributed by atoms with Crippen molar-refractivity contribution in [1.29, 1.82) is 0 Å². The molecular formula is C36H76O6Si2. The van der Waals surface area contributed by atoms with Gasteiger partial charge in [0, 0.05) is 0 Å². The van der Waals surface area contributed by atoms with E-state index in [2.05, 4.69) is 33.1 Å². The van der Waals surface area contributed by atoms with Crippen LogP contribution in [-0.4, -0.2) is 48.4 Å². The van der Waals surface area contributed by atoms with Crippen LogP contribution < -0.4 is 4.74 Å². The van der Waals surface area contributed by atoms with Crippen molar-refractivity contribution in [2.24, 2.45) is 10.8 Å². The van der Waals surface area contributed by atoms with Crippen LogP contribution in [0.15, 0.2) is 30.3 Å². The van der Waals surface area contributed by atoms with Crippen LogP contribution in [-0.2, 0) is 23.2 Å². The predicted molar refractivity (Wildman–Crippen MR) is 199 cm³/mol. The van der Waals surface area contributed by atoms with Crippen molar-refractivity contribution in [3.05, 3.63) is 30.3 Å². The molecule has 1 aromatic carbocycles. The second-order valence-corrected chi connectivity index (χ2v) is 21.6. The van der Waals surface area contributed by atoms with Crippen LogP contribution in [0, 0.1) is 10.8 Å². The highest BCUT2D eigenvalue weighted by Crippen LogP contribution is 2.25. The molecule has 8 heteroatoms. The van der Waals surface area contributed by atoms with Crippen molar-refractivity contribution in [1.82, 2.24) is 0 Å². The smallest absolute Gasteiger partial charge is 0.311 e. The van der Waals surface area contributed by atoms with Crippen LogP contribution in [0.5, 0.6) is 5.75 Å². The number of benzene rings is 1. The maximum absolute atomic E-state index is 11.9.